The van der Waals surface area contributed by atoms with Crippen molar-refractivity contribution in [2.75, 3.05) is 17.7 Å². The predicted octanol–water partition coefficient (Wildman–Crippen LogP) is 5.25. The molecule has 0 amide bonds. The Morgan fingerprint density at radius 3 is 2.66 bits per heavy atom. The molecule has 3 N–H and O–H groups in total. The molecule has 8 heteroatoms. The molecule has 1 aliphatic carbocycles. The summed E-state index contributed by atoms with van der Waals surface area (Å²) < 4.78 is 6.75. The van der Waals surface area contributed by atoms with E-state index in [2.05, 4.69) is 55.0 Å². The topological polar surface area (TPSA) is 77.6 Å². The molecule has 1 aliphatic heterocycles. The van der Waals surface area contributed by atoms with E-state index in [0.717, 1.165) is 33.1 Å². The van der Waals surface area contributed by atoms with E-state index in [1.165, 1.54) is 18.5 Å². The third kappa shape index (κ3) is 4.96. The lowest BCUT2D eigenvalue weighted by molar-refractivity contribution is 0.306. The molecule has 2 aromatic carbocycles. The van der Waals surface area contributed by atoms with Gasteiger partial charge in [0.15, 0.2) is 12.1 Å². The second-order valence-corrected chi connectivity index (χ2v) is 8.90. The monoisotopic (exact) mass is 492 g/mol. The number of aliphatic imine (C=N–C) groups is 1. The van der Waals surface area contributed by atoms with E-state index >= 15 is 0 Å². The lowest BCUT2D eigenvalue weighted by atomic mass is 10.2. The van der Waals surface area contributed by atoms with Crippen molar-refractivity contribution in [1.29, 1.82) is 0 Å². The van der Waals surface area contributed by atoms with E-state index in [-0.39, 0.29) is 6.29 Å². The number of anilines is 2. The minimum atomic E-state index is -0.253. The van der Waals surface area contributed by atoms with Gasteiger partial charge in [-0.25, -0.2) is 4.99 Å². The van der Waals surface area contributed by atoms with Crippen LogP contribution in [0.15, 0.2) is 76.3 Å². The second-order valence-electron chi connectivity index (χ2n) is 8.04. The molecule has 0 radical (unpaired) electrons. The first kappa shape index (κ1) is 20.6. The van der Waals surface area contributed by atoms with Gasteiger partial charge in [-0.05, 0) is 58.6 Å². The maximum Gasteiger partial charge on any atom is 0.198 e. The normalized spacial score (nSPS) is 18.1. The molecule has 3 aromatic rings. The van der Waals surface area contributed by atoms with Crippen LogP contribution >= 0.6 is 15.9 Å². The summed E-state index contributed by atoms with van der Waals surface area (Å²) in [6, 6.07) is 20.1. The number of hydrogen-bond donors (Lipinski definition) is 3. The van der Waals surface area contributed by atoms with E-state index in [9.17, 15) is 0 Å². The van der Waals surface area contributed by atoms with Gasteiger partial charge in [-0.3, -0.25) is 5.10 Å². The number of H-pyrrole nitrogens is 1. The third-order valence-electron chi connectivity index (χ3n) is 5.44. The van der Waals surface area contributed by atoms with Crippen LogP contribution in [0.25, 0.3) is 0 Å². The summed E-state index contributed by atoms with van der Waals surface area (Å²) in [5, 5.41) is 14.3. The molecule has 1 fully saturated rings. The highest BCUT2D eigenvalue weighted by atomic mass is 79.9. The van der Waals surface area contributed by atoms with Crippen LogP contribution in [0.3, 0.4) is 0 Å². The highest BCUT2D eigenvalue weighted by Gasteiger charge is 2.26. The predicted molar refractivity (Wildman–Crippen MR) is 131 cm³/mol. The van der Waals surface area contributed by atoms with Gasteiger partial charge < -0.3 is 20.3 Å². The molecule has 7 nitrogen and oxygen atoms in total. The minimum absolute atomic E-state index is 0.253. The highest BCUT2D eigenvalue weighted by Crippen LogP contribution is 2.39. The van der Waals surface area contributed by atoms with Crippen LogP contribution < -0.4 is 15.4 Å². The number of halogens is 1. The SMILES string of the molecule is CN1C=C(Br)C(Nc2cc(C3CC3)[nH]n2)=NC1Nc1ccc(OCc2ccccc2)cc1. The molecule has 0 spiro atoms. The van der Waals surface area contributed by atoms with Crippen molar-refractivity contribution in [3.8, 4) is 5.75 Å². The van der Waals surface area contributed by atoms with Crippen LogP contribution in [0.2, 0.25) is 0 Å². The molecule has 0 bridgehead atoms. The summed E-state index contributed by atoms with van der Waals surface area (Å²) in [6.45, 7) is 0.548. The summed E-state index contributed by atoms with van der Waals surface area (Å²) in [5.41, 5.74) is 3.29. The van der Waals surface area contributed by atoms with Crippen LogP contribution in [-0.4, -0.2) is 34.3 Å². The number of amidine groups is 1. The molecule has 0 saturated heterocycles. The molecular weight excluding hydrogens is 468 g/mol. The molecule has 32 heavy (non-hydrogen) atoms. The van der Waals surface area contributed by atoms with E-state index < -0.39 is 0 Å². The number of nitrogens with one attached hydrogen (secondary N) is 3. The molecule has 1 unspecified atom stereocenters. The van der Waals surface area contributed by atoms with Gasteiger partial charge in [0.2, 0.25) is 0 Å². The first-order valence-corrected chi connectivity index (χ1v) is 11.5. The Kier molecular flexibility index (Phi) is 5.85. The fourth-order valence-electron chi connectivity index (χ4n) is 3.47. The average molecular weight is 493 g/mol. The molecule has 2 heterocycles. The van der Waals surface area contributed by atoms with Gasteiger partial charge in [-0.2, -0.15) is 5.10 Å². The van der Waals surface area contributed by atoms with Crippen molar-refractivity contribution in [2.45, 2.75) is 31.7 Å². The zero-order chi connectivity index (χ0) is 21.9. The number of ether oxygens (including phenoxy) is 1. The minimum Gasteiger partial charge on any atom is -0.489 e. The van der Waals surface area contributed by atoms with Crippen molar-refractivity contribution >= 4 is 33.3 Å². The van der Waals surface area contributed by atoms with Gasteiger partial charge in [0, 0.05) is 36.6 Å². The largest absolute Gasteiger partial charge is 0.489 e. The number of nitrogens with zero attached hydrogens (tertiary/aromatic N) is 3. The van der Waals surface area contributed by atoms with Crippen molar-refractivity contribution in [3.05, 3.63) is 82.6 Å². The molecular formula is C24H25BrN6O. The number of aromatic amines is 1. The Labute approximate surface area is 195 Å². The van der Waals surface area contributed by atoms with Crippen LogP contribution in [0.5, 0.6) is 5.75 Å². The summed E-state index contributed by atoms with van der Waals surface area (Å²) in [4.78, 5) is 6.83. The molecule has 2 aliphatic rings. The fraction of sp³-hybridized carbons (Fsp3) is 0.250. The maximum atomic E-state index is 5.88. The molecule has 1 aromatic heterocycles. The van der Waals surface area contributed by atoms with E-state index in [1.54, 1.807) is 0 Å². The van der Waals surface area contributed by atoms with Gasteiger partial charge in [0.25, 0.3) is 0 Å². The Bertz CT molecular complexity index is 1120. The average Bonchev–Trinajstić information content (AvgIpc) is 3.56. The molecule has 1 saturated carbocycles. The van der Waals surface area contributed by atoms with Gasteiger partial charge in [-0.15, -0.1) is 0 Å². The second kappa shape index (κ2) is 9.08. The Morgan fingerprint density at radius 1 is 1.12 bits per heavy atom. The zero-order valence-electron chi connectivity index (χ0n) is 17.8. The third-order valence-corrected chi connectivity index (χ3v) is 6.02. The lowest BCUT2D eigenvalue weighted by Crippen LogP contribution is -2.38. The standard InChI is InChI=1S/C24H25BrN6O/c1-31-14-20(25)23(27-22-13-21(29-30-22)17-7-8-17)28-24(31)26-18-9-11-19(12-10-18)32-15-16-5-3-2-4-6-16/h2-6,9-14,17,24,26H,7-8,15H2,1H3,(H2,27,28,29,30). The number of hydrogen-bond acceptors (Lipinski definition) is 6. The Morgan fingerprint density at radius 2 is 1.91 bits per heavy atom. The van der Waals surface area contributed by atoms with Gasteiger partial charge in [0.1, 0.15) is 18.2 Å². The summed E-state index contributed by atoms with van der Waals surface area (Å²) in [5.74, 6) is 2.97. The first-order valence-electron chi connectivity index (χ1n) is 10.7. The number of rotatable bonds is 7. The quantitative estimate of drug-likeness (QED) is 0.419. The molecule has 1 atom stereocenters. The van der Waals surface area contributed by atoms with Crippen LogP contribution in [-0.2, 0) is 6.61 Å². The zero-order valence-corrected chi connectivity index (χ0v) is 19.3. The first-order chi connectivity index (χ1) is 15.6. The van der Waals surface area contributed by atoms with Crippen LogP contribution in [0.1, 0.15) is 30.0 Å². The highest BCUT2D eigenvalue weighted by molar-refractivity contribution is 9.12. The smallest absolute Gasteiger partial charge is 0.198 e. The van der Waals surface area contributed by atoms with Crippen molar-refractivity contribution in [1.82, 2.24) is 15.1 Å². The van der Waals surface area contributed by atoms with Gasteiger partial charge in [0.05, 0.1) is 4.48 Å². The van der Waals surface area contributed by atoms with E-state index in [1.807, 2.05) is 60.6 Å². The van der Waals surface area contributed by atoms with Crippen molar-refractivity contribution < 1.29 is 4.74 Å². The number of aromatic nitrogens is 2. The van der Waals surface area contributed by atoms with Crippen LogP contribution in [0.4, 0.5) is 11.5 Å². The van der Waals surface area contributed by atoms with Crippen molar-refractivity contribution in [2.24, 2.45) is 4.99 Å². The van der Waals surface area contributed by atoms with E-state index in [4.69, 9.17) is 9.73 Å². The maximum absolute atomic E-state index is 5.88. The van der Waals surface area contributed by atoms with Crippen molar-refractivity contribution in [3.63, 3.8) is 0 Å². The fourth-order valence-corrected chi connectivity index (χ4v) is 4.00. The van der Waals surface area contributed by atoms with Crippen LogP contribution in [0, 0.1) is 0 Å². The van der Waals surface area contributed by atoms with E-state index in [0.29, 0.717) is 12.5 Å². The number of benzene rings is 2. The summed E-state index contributed by atoms with van der Waals surface area (Å²) in [7, 11) is 1.98. The Balaban J connectivity index is 1.22. The molecule has 164 valence electrons. The van der Waals surface area contributed by atoms with Gasteiger partial charge in [-0.1, -0.05) is 30.3 Å². The summed E-state index contributed by atoms with van der Waals surface area (Å²) in [6.07, 6.45) is 4.22. The molecule has 5 rings (SSSR count). The van der Waals surface area contributed by atoms with Gasteiger partial charge >= 0.3 is 0 Å². The Hall–Kier alpha value is -3.26. The lowest BCUT2D eigenvalue weighted by Gasteiger charge is -2.30. The summed E-state index contributed by atoms with van der Waals surface area (Å²) >= 11 is 3.60.